The molecule has 0 aliphatic carbocycles. The highest BCUT2D eigenvalue weighted by Crippen LogP contribution is 1.91. The lowest BCUT2D eigenvalue weighted by Crippen LogP contribution is -2.16. The Kier molecular flexibility index (Phi) is 5.17. The van der Waals surface area contributed by atoms with Gasteiger partial charge in [-0.3, -0.25) is 4.79 Å². The van der Waals surface area contributed by atoms with Gasteiger partial charge in [0.2, 0.25) is 5.91 Å². The van der Waals surface area contributed by atoms with Crippen molar-refractivity contribution < 1.29 is 4.79 Å². The molecule has 0 bridgehead atoms. The fourth-order valence-corrected chi connectivity index (χ4v) is 0.710. The van der Waals surface area contributed by atoms with E-state index >= 15 is 0 Å². The normalized spacial score (nSPS) is 12.1. The first-order valence-corrected chi connectivity index (χ1v) is 3.72. The van der Waals surface area contributed by atoms with Gasteiger partial charge >= 0.3 is 0 Å². The van der Waals surface area contributed by atoms with Gasteiger partial charge in [-0.25, -0.2) is 0 Å². The van der Waals surface area contributed by atoms with Crippen molar-refractivity contribution in [2.24, 2.45) is 0 Å². The summed E-state index contributed by atoms with van der Waals surface area (Å²) in [5.41, 5.74) is 0.913. The highest BCUT2D eigenvalue weighted by molar-refractivity contribution is 5.74. The van der Waals surface area contributed by atoms with Crippen LogP contribution in [-0.2, 0) is 4.79 Å². The van der Waals surface area contributed by atoms with Gasteiger partial charge in [0.25, 0.3) is 0 Å². The van der Waals surface area contributed by atoms with Crippen LogP contribution in [-0.4, -0.2) is 5.91 Å². The predicted octanol–water partition coefficient (Wildman–Crippen LogP) is 1.99. The zero-order valence-corrected chi connectivity index (χ0v) is 7.35. The highest BCUT2D eigenvalue weighted by atomic mass is 16.1. The maximum atomic E-state index is 10.5. The fourth-order valence-electron chi connectivity index (χ4n) is 0.710. The molecule has 0 aromatic carbocycles. The lowest BCUT2D eigenvalue weighted by atomic mass is 10.3. The van der Waals surface area contributed by atoms with Crippen molar-refractivity contribution in [3.05, 3.63) is 23.9 Å². The number of amides is 1. The first-order valence-electron chi connectivity index (χ1n) is 3.72. The molecule has 0 aromatic rings. The van der Waals surface area contributed by atoms with Gasteiger partial charge in [0.05, 0.1) is 0 Å². The Labute approximate surface area is 68.0 Å². The SMILES string of the molecule is C/C=C\CC=C(C)NC(C)=O. The molecule has 2 heteroatoms. The maximum absolute atomic E-state index is 10.5. The van der Waals surface area contributed by atoms with E-state index in [-0.39, 0.29) is 5.91 Å². The molecule has 2 nitrogen and oxygen atoms in total. The first-order chi connectivity index (χ1) is 5.16. The number of nitrogens with one attached hydrogen (secondary N) is 1. The summed E-state index contributed by atoms with van der Waals surface area (Å²) in [6.45, 7) is 5.36. The average Bonchev–Trinajstić information content (AvgIpc) is 1.86. The van der Waals surface area contributed by atoms with Crippen LogP contribution in [0.1, 0.15) is 27.2 Å². The van der Waals surface area contributed by atoms with Crippen molar-refractivity contribution in [3.8, 4) is 0 Å². The third kappa shape index (κ3) is 6.84. The van der Waals surface area contributed by atoms with Gasteiger partial charge in [0.1, 0.15) is 0 Å². The molecule has 0 rings (SSSR count). The Bertz CT molecular complexity index is 180. The van der Waals surface area contributed by atoms with E-state index < -0.39 is 0 Å². The molecule has 1 N–H and O–H groups in total. The van der Waals surface area contributed by atoms with Crippen LogP contribution in [0.5, 0.6) is 0 Å². The van der Waals surface area contributed by atoms with Crippen molar-refractivity contribution >= 4 is 5.91 Å². The number of carbonyl (C=O) groups is 1. The molecule has 0 aliphatic rings. The van der Waals surface area contributed by atoms with Gasteiger partial charge in [-0.2, -0.15) is 0 Å². The monoisotopic (exact) mass is 153 g/mol. The molecular formula is C9H15NO. The summed E-state index contributed by atoms with van der Waals surface area (Å²) >= 11 is 0. The average molecular weight is 153 g/mol. The molecule has 0 radical (unpaired) electrons. The molecule has 1 amide bonds. The van der Waals surface area contributed by atoms with Gasteiger partial charge < -0.3 is 5.32 Å². The molecular weight excluding hydrogens is 138 g/mol. The third-order valence-electron chi connectivity index (χ3n) is 1.17. The molecule has 0 aliphatic heterocycles. The van der Waals surface area contributed by atoms with Gasteiger partial charge in [-0.05, 0) is 20.3 Å². The van der Waals surface area contributed by atoms with Crippen molar-refractivity contribution in [2.45, 2.75) is 27.2 Å². The van der Waals surface area contributed by atoms with E-state index in [9.17, 15) is 4.79 Å². The van der Waals surface area contributed by atoms with Crippen molar-refractivity contribution in [2.75, 3.05) is 0 Å². The minimum Gasteiger partial charge on any atom is -0.331 e. The number of rotatable bonds is 3. The largest absolute Gasteiger partial charge is 0.331 e. The van der Waals surface area contributed by atoms with Crippen LogP contribution in [0.15, 0.2) is 23.9 Å². The summed E-state index contributed by atoms with van der Waals surface area (Å²) in [6, 6.07) is 0. The lowest BCUT2D eigenvalue weighted by molar-refractivity contribution is -0.118. The van der Waals surface area contributed by atoms with E-state index in [0.717, 1.165) is 12.1 Å². The molecule has 11 heavy (non-hydrogen) atoms. The van der Waals surface area contributed by atoms with Gasteiger partial charge in [0, 0.05) is 12.6 Å². The van der Waals surface area contributed by atoms with Crippen LogP contribution in [0.2, 0.25) is 0 Å². The van der Waals surface area contributed by atoms with Crippen LogP contribution in [0.25, 0.3) is 0 Å². The fraction of sp³-hybridized carbons (Fsp3) is 0.444. The molecule has 0 spiro atoms. The molecule has 0 unspecified atom stereocenters. The van der Waals surface area contributed by atoms with Crippen molar-refractivity contribution in [1.82, 2.24) is 5.32 Å². The Morgan fingerprint density at radius 3 is 2.55 bits per heavy atom. The number of allylic oxidation sites excluding steroid dienone is 4. The molecule has 0 fully saturated rings. The Balaban J connectivity index is 3.71. The Morgan fingerprint density at radius 2 is 2.09 bits per heavy atom. The van der Waals surface area contributed by atoms with E-state index in [0.29, 0.717) is 0 Å². The summed E-state index contributed by atoms with van der Waals surface area (Å²) in [4.78, 5) is 10.5. The van der Waals surface area contributed by atoms with Crippen LogP contribution in [0, 0.1) is 0 Å². The molecule has 62 valence electrons. The summed E-state index contributed by atoms with van der Waals surface area (Å²) in [5, 5.41) is 2.69. The van der Waals surface area contributed by atoms with Crippen LogP contribution >= 0.6 is 0 Å². The first kappa shape index (κ1) is 9.95. The van der Waals surface area contributed by atoms with Crippen LogP contribution < -0.4 is 5.32 Å². The standard InChI is InChI=1S/C9H15NO/c1-4-5-6-7-8(2)10-9(3)11/h4-5,7H,6H2,1-3H3,(H,10,11)/b5-4-,8-7?. The lowest BCUT2D eigenvalue weighted by Gasteiger charge is -1.98. The smallest absolute Gasteiger partial charge is 0.220 e. The second kappa shape index (κ2) is 5.71. The maximum Gasteiger partial charge on any atom is 0.220 e. The zero-order valence-electron chi connectivity index (χ0n) is 7.35. The van der Waals surface area contributed by atoms with Crippen LogP contribution in [0.3, 0.4) is 0 Å². The van der Waals surface area contributed by atoms with Gasteiger partial charge in [-0.1, -0.05) is 18.2 Å². The van der Waals surface area contributed by atoms with Crippen molar-refractivity contribution in [3.63, 3.8) is 0 Å². The number of hydrogen-bond acceptors (Lipinski definition) is 1. The number of hydrogen-bond donors (Lipinski definition) is 1. The van der Waals surface area contributed by atoms with Crippen LogP contribution in [0.4, 0.5) is 0 Å². The van der Waals surface area contributed by atoms with Gasteiger partial charge in [-0.15, -0.1) is 0 Å². The summed E-state index contributed by atoms with van der Waals surface area (Å²) in [5.74, 6) is -0.0146. The summed E-state index contributed by atoms with van der Waals surface area (Å²) < 4.78 is 0. The van der Waals surface area contributed by atoms with E-state index in [4.69, 9.17) is 0 Å². The molecule has 0 heterocycles. The Morgan fingerprint density at radius 1 is 1.45 bits per heavy atom. The van der Waals surface area contributed by atoms with E-state index in [1.165, 1.54) is 6.92 Å². The summed E-state index contributed by atoms with van der Waals surface area (Å²) in [6.07, 6.45) is 6.87. The highest BCUT2D eigenvalue weighted by Gasteiger charge is 1.89. The quantitative estimate of drug-likeness (QED) is 0.617. The third-order valence-corrected chi connectivity index (χ3v) is 1.17. The Hall–Kier alpha value is -1.05. The van der Waals surface area contributed by atoms with Crippen molar-refractivity contribution in [1.29, 1.82) is 0 Å². The minimum atomic E-state index is -0.0146. The molecule has 0 saturated carbocycles. The van der Waals surface area contributed by atoms with E-state index in [1.54, 1.807) is 0 Å². The van der Waals surface area contributed by atoms with E-state index in [2.05, 4.69) is 5.32 Å². The second-order valence-electron chi connectivity index (χ2n) is 2.37. The molecule has 0 aromatic heterocycles. The number of carbonyl (C=O) groups excluding carboxylic acids is 1. The topological polar surface area (TPSA) is 29.1 Å². The minimum absolute atomic E-state index is 0.0146. The molecule has 0 saturated heterocycles. The predicted molar refractivity (Wildman–Crippen MR) is 47.0 cm³/mol. The zero-order chi connectivity index (χ0) is 8.69. The summed E-state index contributed by atoms with van der Waals surface area (Å²) in [7, 11) is 0. The van der Waals surface area contributed by atoms with E-state index in [1.807, 2.05) is 32.1 Å². The van der Waals surface area contributed by atoms with Gasteiger partial charge in [0.15, 0.2) is 0 Å². The second-order valence-corrected chi connectivity index (χ2v) is 2.37. The molecule has 0 atom stereocenters.